The quantitative estimate of drug-likeness (QED) is 0.684. The third-order valence-corrected chi connectivity index (χ3v) is 2.21. The molecule has 0 saturated heterocycles. The van der Waals surface area contributed by atoms with Crippen molar-refractivity contribution in [3.63, 3.8) is 0 Å². The van der Waals surface area contributed by atoms with Crippen LogP contribution in [0, 0.1) is 13.8 Å². The van der Waals surface area contributed by atoms with Gasteiger partial charge in [-0.1, -0.05) is 30.9 Å². The summed E-state index contributed by atoms with van der Waals surface area (Å²) in [6.45, 7) is 7.78. The van der Waals surface area contributed by atoms with Crippen LogP contribution in [-0.2, 0) is 0 Å². The maximum atomic E-state index is 5.87. The van der Waals surface area contributed by atoms with Gasteiger partial charge in [-0.3, -0.25) is 0 Å². The molecular weight excluding hydrogens is 158 g/mol. The zero-order valence-corrected chi connectivity index (χ0v) is 8.17. The predicted octanol–water partition coefficient (Wildman–Crippen LogP) is 2.79. The third-order valence-electron chi connectivity index (χ3n) is 2.21. The fraction of sp³-hybridized carbons (Fsp3) is 0.167. The van der Waals surface area contributed by atoms with Gasteiger partial charge in [-0.25, -0.2) is 0 Å². The summed E-state index contributed by atoms with van der Waals surface area (Å²) >= 11 is 0. The van der Waals surface area contributed by atoms with Gasteiger partial charge in [-0.2, -0.15) is 0 Å². The average molecular weight is 173 g/mol. The van der Waals surface area contributed by atoms with Crippen molar-refractivity contribution in [2.24, 2.45) is 5.73 Å². The third kappa shape index (κ3) is 2.00. The molecule has 1 aromatic rings. The van der Waals surface area contributed by atoms with E-state index in [0.717, 1.165) is 11.3 Å². The lowest BCUT2D eigenvalue weighted by molar-refractivity contribution is 1.30. The van der Waals surface area contributed by atoms with Crippen LogP contribution in [0.1, 0.15) is 16.7 Å². The summed E-state index contributed by atoms with van der Waals surface area (Å²) in [5.41, 5.74) is 10.2. The van der Waals surface area contributed by atoms with Gasteiger partial charge in [0.1, 0.15) is 0 Å². The highest BCUT2D eigenvalue weighted by Gasteiger charge is 2.01. The van der Waals surface area contributed by atoms with Gasteiger partial charge in [0, 0.05) is 11.3 Å². The highest BCUT2D eigenvalue weighted by Crippen LogP contribution is 2.17. The molecule has 0 atom stereocenters. The van der Waals surface area contributed by atoms with Crippen molar-refractivity contribution < 1.29 is 0 Å². The molecule has 0 spiro atoms. The molecular formula is C12H15N. The van der Waals surface area contributed by atoms with Crippen molar-refractivity contribution in [1.29, 1.82) is 0 Å². The average Bonchev–Trinajstić information content (AvgIpc) is 2.10. The maximum Gasteiger partial charge on any atom is 0.0390 e. The lowest BCUT2D eigenvalue weighted by Gasteiger charge is -2.07. The first-order valence-corrected chi connectivity index (χ1v) is 4.31. The molecule has 0 aliphatic heterocycles. The molecule has 13 heavy (non-hydrogen) atoms. The van der Waals surface area contributed by atoms with Crippen LogP contribution in [-0.4, -0.2) is 0 Å². The second-order valence-electron chi connectivity index (χ2n) is 3.11. The topological polar surface area (TPSA) is 26.0 Å². The highest BCUT2D eigenvalue weighted by atomic mass is 14.6. The summed E-state index contributed by atoms with van der Waals surface area (Å²) in [6, 6.07) is 6.12. The van der Waals surface area contributed by atoms with Gasteiger partial charge in [-0.05, 0) is 31.1 Å². The number of aryl methyl sites for hydroxylation is 1. The first kappa shape index (κ1) is 9.59. The van der Waals surface area contributed by atoms with E-state index in [2.05, 4.69) is 26.5 Å². The van der Waals surface area contributed by atoms with E-state index in [0.29, 0.717) is 0 Å². The molecule has 2 N–H and O–H groups in total. The van der Waals surface area contributed by atoms with E-state index in [1.165, 1.54) is 11.1 Å². The second-order valence-corrected chi connectivity index (χ2v) is 3.11. The van der Waals surface area contributed by atoms with Crippen LogP contribution in [0.25, 0.3) is 5.70 Å². The minimum atomic E-state index is 0.774. The summed E-state index contributed by atoms with van der Waals surface area (Å²) in [6.07, 6.45) is 3.53. The van der Waals surface area contributed by atoms with Gasteiger partial charge >= 0.3 is 0 Å². The van der Waals surface area contributed by atoms with Crippen LogP contribution in [0.3, 0.4) is 0 Å². The molecule has 1 rings (SSSR count). The molecule has 68 valence electrons. The molecule has 0 saturated carbocycles. The van der Waals surface area contributed by atoms with Gasteiger partial charge in [0.05, 0.1) is 0 Å². The van der Waals surface area contributed by atoms with Crippen molar-refractivity contribution in [2.45, 2.75) is 13.8 Å². The minimum absolute atomic E-state index is 0.774. The van der Waals surface area contributed by atoms with Crippen LogP contribution in [0.15, 0.2) is 36.9 Å². The van der Waals surface area contributed by atoms with Crippen molar-refractivity contribution in [3.8, 4) is 0 Å². The first-order chi connectivity index (χ1) is 6.16. The number of hydrogen-bond acceptors (Lipinski definition) is 1. The Kier molecular flexibility index (Phi) is 2.91. The zero-order valence-electron chi connectivity index (χ0n) is 8.17. The maximum absolute atomic E-state index is 5.87. The molecule has 1 heteroatoms. The number of rotatable bonds is 2. The first-order valence-electron chi connectivity index (χ1n) is 4.31. The van der Waals surface area contributed by atoms with Gasteiger partial charge in [0.25, 0.3) is 0 Å². The van der Waals surface area contributed by atoms with Crippen LogP contribution >= 0.6 is 0 Å². The summed E-state index contributed by atoms with van der Waals surface area (Å²) in [5, 5.41) is 0. The monoisotopic (exact) mass is 173 g/mol. The van der Waals surface area contributed by atoms with Gasteiger partial charge in [-0.15, -0.1) is 0 Å². The molecule has 0 aliphatic rings. The van der Waals surface area contributed by atoms with Crippen molar-refractivity contribution >= 4 is 5.70 Å². The largest absolute Gasteiger partial charge is 0.398 e. The highest BCUT2D eigenvalue weighted by molar-refractivity contribution is 5.67. The molecule has 0 amide bonds. The Labute approximate surface area is 79.6 Å². The van der Waals surface area contributed by atoms with Crippen molar-refractivity contribution in [1.82, 2.24) is 0 Å². The normalized spacial score (nSPS) is 11.4. The van der Waals surface area contributed by atoms with E-state index in [9.17, 15) is 0 Å². The van der Waals surface area contributed by atoms with E-state index < -0.39 is 0 Å². The number of allylic oxidation sites excluding steroid dienone is 2. The Balaban J connectivity index is 3.22. The lowest BCUT2D eigenvalue weighted by atomic mass is 10.0. The molecule has 0 unspecified atom stereocenters. The molecule has 0 fully saturated rings. The smallest absolute Gasteiger partial charge is 0.0390 e. The second kappa shape index (κ2) is 3.94. The SMILES string of the molecule is C=C/C=C(/N)c1cccc(C)c1C. The zero-order chi connectivity index (χ0) is 9.84. The number of hydrogen-bond donors (Lipinski definition) is 1. The minimum Gasteiger partial charge on any atom is -0.398 e. The van der Waals surface area contributed by atoms with Crippen LogP contribution in [0.2, 0.25) is 0 Å². The molecule has 0 aliphatic carbocycles. The molecule has 0 aromatic heterocycles. The van der Waals surface area contributed by atoms with E-state index in [1.54, 1.807) is 6.08 Å². The van der Waals surface area contributed by atoms with E-state index in [4.69, 9.17) is 5.73 Å². The van der Waals surface area contributed by atoms with Crippen molar-refractivity contribution in [3.05, 3.63) is 53.6 Å². The van der Waals surface area contributed by atoms with Gasteiger partial charge < -0.3 is 5.73 Å². The molecule has 1 aromatic carbocycles. The molecule has 0 radical (unpaired) electrons. The fourth-order valence-corrected chi connectivity index (χ4v) is 1.28. The van der Waals surface area contributed by atoms with Gasteiger partial charge in [0.15, 0.2) is 0 Å². The Morgan fingerprint density at radius 3 is 2.69 bits per heavy atom. The Hall–Kier alpha value is -1.50. The summed E-state index contributed by atoms with van der Waals surface area (Å²) < 4.78 is 0. The summed E-state index contributed by atoms with van der Waals surface area (Å²) in [7, 11) is 0. The van der Waals surface area contributed by atoms with Crippen LogP contribution < -0.4 is 5.73 Å². The van der Waals surface area contributed by atoms with Gasteiger partial charge in [0.2, 0.25) is 0 Å². The van der Waals surface area contributed by atoms with E-state index >= 15 is 0 Å². The van der Waals surface area contributed by atoms with Crippen LogP contribution in [0.4, 0.5) is 0 Å². The van der Waals surface area contributed by atoms with Crippen molar-refractivity contribution in [2.75, 3.05) is 0 Å². The van der Waals surface area contributed by atoms with Crippen LogP contribution in [0.5, 0.6) is 0 Å². The lowest BCUT2D eigenvalue weighted by Crippen LogP contribution is -1.99. The standard InChI is InChI=1S/C12H15N/c1-4-6-12(13)11-8-5-7-9(2)10(11)3/h4-8H,1,13H2,2-3H3/b12-6+. The number of nitrogens with two attached hydrogens (primary N) is 1. The van der Waals surface area contributed by atoms with E-state index in [-0.39, 0.29) is 0 Å². The molecule has 0 bridgehead atoms. The Bertz CT molecular complexity index is 348. The van der Waals surface area contributed by atoms with E-state index in [1.807, 2.05) is 18.2 Å². The number of benzene rings is 1. The molecule has 0 heterocycles. The molecule has 1 nitrogen and oxygen atoms in total. The predicted molar refractivity (Wildman–Crippen MR) is 58.3 cm³/mol. The summed E-state index contributed by atoms with van der Waals surface area (Å²) in [4.78, 5) is 0. The Morgan fingerprint density at radius 1 is 1.38 bits per heavy atom. The Morgan fingerprint density at radius 2 is 2.08 bits per heavy atom. The summed E-state index contributed by atoms with van der Waals surface area (Å²) in [5.74, 6) is 0. The fourth-order valence-electron chi connectivity index (χ4n) is 1.28.